The summed E-state index contributed by atoms with van der Waals surface area (Å²) in [4.78, 5) is 7.27. The lowest BCUT2D eigenvalue weighted by atomic mass is 10.1. The molecule has 158 valence electrons. The van der Waals surface area contributed by atoms with Gasteiger partial charge in [0.2, 0.25) is 0 Å². The fourth-order valence-corrected chi connectivity index (χ4v) is 3.84. The van der Waals surface area contributed by atoms with Crippen molar-refractivity contribution < 1.29 is 4.74 Å². The van der Waals surface area contributed by atoms with E-state index in [1.165, 1.54) is 6.42 Å². The molecule has 0 spiro atoms. The van der Waals surface area contributed by atoms with Crippen LogP contribution in [0.2, 0.25) is 5.02 Å². The van der Waals surface area contributed by atoms with Gasteiger partial charge in [0.1, 0.15) is 5.75 Å². The molecule has 0 saturated heterocycles. The lowest BCUT2D eigenvalue weighted by Crippen LogP contribution is -2.25. The number of nitrogens with zero attached hydrogens (tertiary/aromatic N) is 2. The van der Waals surface area contributed by atoms with Crippen LogP contribution in [-0.4, -0.2) is 42.7 Å². The third-order valence-electron chi connectivity index (χ3n) is 5.31. The Morgan fingerprint density at radius 3 is 2.55 bits per heavy atom. The number of nitrogens with one attached hydrogen (secondary N) is 1. The molecule has 0 amide bonds. The first-order valence-electron chi connectivity index (χ1n) is 10.1. The molecule has 0 saturated carbocycles. The largest absolute Gasteiger partial charge is 0.497 e. The van der Waals surface area contributed by atoms with Crippen molar-refractivity contribution in [1.82, 2.24) is 9.88 Å². The lowest BCUT2D eigenvalue weighted by Gasteiger charge is -2.21. The van der Waals surface area contributed by atoms with E-state index >= 15 is 0 Å². The molecule has 0 bridgehead atoms. The third kappa shape index (κ3) is 5.88. The summed E-state index contributed by atoms with van der Waals surface area (Å²) in [5.74, 6) is 0.835. The van der Waals surface area contributed by atoms with Gasteiger partial charge in [-0.25, -0.2) is 4.98 Å². The Morgan fingerprint density at radius 2 is 1.86 bits per heavy atom. The SMILES string of the molecule is CCN(CC)CCCC(C)Nc1cc(Cl)cc2nc3ccc(OC)cc3cc12.Cl. The molecular formula is C23H31Cl2N3O. The van der Waals surface area contributed by atoms with E-state index in [-0.39, 0.29) is 12.4 Å². The molecule has 3 rings (SSSR count). The Kier molecular flexibility index (Phi) is 8.81. The number of anilines is 1. The van der Waals surface area contributed by atoms with Crippen LogP contribution in [0.15, 0.2) is 36.4 Å². The molecule has 4 nitrogen and oxygen atoms in total. The summed E-state index contributed by atoms with van der Waals surface area (Å²) in [5, 5.41) is 6.50. The normalized spacial score (nSPS) is 12.2. The molecule has 2 aromatic carbocycles. The lowest BCUT2D eigenvalue weighted by molar-refractivity contribution is 0.295. The van der Waals surface area contributed by atoms with Crippen molar-refractivity contribution in [2.75, 3.05) is 32.1 Å². The highest BCUT2D eigenvalue weighted by molar-refractivity contribution is 6.32. The van der Waals surface area contributed by atoms with Gasteiger partial charge in [0, 0.05) is 27.5 Å². The van der Waals surface area contributed by atoms with E-state index in [9.17, 15) is 0 Å². The van der Waals surface area contributed by atoms with Crippen LogP contribution >= 0.6 is 24.0 Å². The summed E-state index contributed by atoms with van der Waals surface area (Å²) < 4.78 is 5.36. The molecule has 1 atom stereocenters. The first-order valence-corrected chi connectivity index (χ1v) is 10.5. The standard InChI is InChI=1S/C23H30ClN3O.ClH/c1-5-27(6-2)11-7-8-16(3)25-22-14-18(24)15-23-20(22)13-17-12-19(28-4)9-10-21(17)26-23;/h9-10,12-16,25H,5-8,11H2,1-4H3;1H. The molecule has 0 radical (unpaired) electrons. The highest BCUT2D eigenvalue weighted by Gasteiger charge is 2.11. The molecule has 6 heteroatoms. The molecule has 29 heavy (non-hydrogen) atoms. The van der Waals surface area contributed by atoms with E-state index in [1.807, 2.05) is 30.3 Å². The fourth-order valence-electron chi connectivity index (χ4n) is 3.63. The van der Waals surface area contributed by atoms with Crippen LogP contribution in [0.5, 0.6) is 5.75 Å². The Balaban J connectivity index is 0.00000300. The van der Waals surface area contributed by atoms with Crippen LogP contribution in [0.3, 0.4) is 0 Å². The van der Waals surface area contributed by atoms with Crippen molar-refractivity contribution in [2.24, 2.45) is 0 Å². The summed E-state index contributed by atoms with van der Waals surface area (Å²) in [6.07, 6.45) is 2.28. The molecule has 1 heterocycles. The average Bonchev–Trinajstić information content (AvgIpc) is 2.69. The van der Waals surface area contributed by atoms with E-state index in [0.717, 1.165) is 59.3 Å². The number of rotatable bonds is 9. The Labute approximate surface area is 185 Å². The predicted octanol–water partition coefficient (Wildman–Crippen LogP) is 6.39. The second kappa shape index (κ2) is 10.9. The third-order valence-corrected chi connectivity index (χ3v) is 5.52. The van der Waals surface area contributed by atoms with Gasteiger partial charge in [0.05, 0.1) is 18.1 Å². The maximum Gasteiger partial charge on any atom is 0.119 e. The first-order chi connectivity index (χ1) is 13.5. The topological polar surface area (TPSA) is 37.4 Å². The summed E-state index contributed by atoms with van der Waals surface area (Å²) in [5.41, 5.74) is 2.88. The summed E-state index contributed by atoms with van der Waals surface area (Å²) >= 11 is 6.38. The molecular weight excluding hydrogens is 405 g/mol. The molecule has 3 aromatic rings. The van der Waals surface area contributed by atoms with Crippen LogP contribution in [0.4, 0.5) is 5.69 Å². The summed E-state index contributed by atoms with van der Waals surface area (Å²) in [6, 6.07) is 12.4. The van der Waals surface area contributed by atoms with Gasteiger partial charge in [-0.3, -0.25) is 0 Å². The highest BCUT2D eigenvalue weighted by atomic mass is 35.5. The Hall–Kier alpha value is -1.75. The maximum atomic E-state index is 6.38. The van der Waals surface area contributed by atoms with Gasteiger partial charge in [-0.05, 0) is 75.8 Å². The number of halogens is 2. The van der Waals surface area contributed by atoms with Gasteiger partial charge >= 0.3 is 0 Å². The number of fused-ring (bicyclic) bond motifs is 2. The highest BCUT2D eigenvalue weighted by Crippen LogP contribution is 2.31. The van der Waals surface area contributed by atoms with Crippen LogP contribution in [0.25, 0.3) is 21.8 Å². The smallest absolute Gasteiger partial charge is 0.119 e. The number of methoxy groups -OCH3 is 1. The molecule has 0 aliphatic heterocycles. The van der Waals surface area contributed by atoms with E-state index in [1.54, 1.807) is 7.11 Å². The van der Waals surface area contributed by atoms with Crippen LogP contribution in [0, 0.1) is 0 Å². The summed E-state index contributed by atoms with van der Waals surface area (Å²) in [6.45, 7) is 10.0. The van der Waals surface area contributed by atoms with Crippen LogP contribution in [0.1, 0.15) is 33.6 Å². The second-order valence-corrected chi connectivity index (χ2v) is 7.72. The number of hydrogen-bond donors (Lipinski definition) is 1. The fraction of sp³-hybridized carbons (Fsp3) is 0.435. The Morgan fingerprint density at radius 1 is 1.10 bits per heavy atom. The zero-order valence-corrected chi connectivity index (χ0v) is 19.2. The average molecular weight is 436 g/mol. The number of hydrogen-bond acceptors (Lipinski definition) is 4. The minimum atomic E-state index is 0. The minimum absolute atomic E-state index is 0. The van der Waals surface area contributed by atoms with Gasteiger partial charge in [-0.15, -0.1) is 12.4 Å². The zero-order valence-electron chi connectivity index (χ0n) is 17.7. The number of pyridine rings is 1. The number of ether oxygens (including phenoxy) is 1. The van der Waals surface area contributed by atoms with E-state index in [2.05, 4.69) is 37.1 Å². The van der Waals surface area contributed by atoms with Crippen molar-refractivity contribution in [3.05, 3.63) is 41.4 Å². The van der Waals surface area contributed by atoms with E-state index in [0.29, 0.717) is 11.1 Å². The Bertz CT molecular complexity index is 944. The second-order valence-electron chi connectivity index (χ2n) is 7.28. The molecule has 1 aromatic heterocycles. The number of benzene rings is 2. The van der Waals surface area contributed by atoms with Crippen molar-refractivity contribution in [1.29, 1.82) is 0 Å². The van der Waals surface area contributed by atoms with Crippen molar-refractivity contribution in [2.45, 2.75) is 39.7 Å². The molecule has 1 unspecified atom stereocenters. The molecule has 0 aliphatic rings. The number of aromatic nitrogens is 1. The van der Waals surface area contributed by atoms with Gasteiger partial charge in [-0.2, -0.15) is 0 Å². The monoisotopic (exact) mass is 435 g/mol. The zero-order chi connectivity index (χ0) is 20.1. The molecule has 0 aliphatic carbocycles. The van der Waals surface area contributed by atoms with Crippen LogP contribution < -0.4 is 10.1 Å². The summed E-state index contributed by atoms with van der Waals surface area (Å²) in [7, 11) is 1.68. The van der Waals surface area contributed by atoms with Gasteiger partial charge < -0.3 is 15.0 Å². The van der Waals surface area contributed by atoms with Crippen molar-refractivity contribution in [3.63, 3.8) is 0 Å². The molecule has 0 fully saturated rings. The van der Waals surface area contributed by atoms with Crippen LogP contribution in [-0.2, 0) is 0 Å². The minimum Gasteiger partial charge on any atom is -0.497 e. The van der Waals surface area contributed by atoms with Gasteiger partial charge in [0.25, 0.3) is 0 Å². The van der Waals surface area contributed by atoms with Crippen molar-refractivity contribution >= 4 is 51.5 Å². The molecule has 1 N–H and O–H groups in total. The van der Waals surface area contributed by atoms with E-state index < -0.39 is 0 Å². The van der Waals surface area contributed by atoms with Crippen molar-refractivity contribution in [3.8, 4) is 5.75 Å². The quantitative estimate of drug-likeness (QED) is 0.394. The maximum absolute atomic E-state index is 6.38. The predicted molar refractivity (Wildman–Crippen MR) is 128 cm³/mol. The van der Waals surface area contributed by atoms with Gasteiger partial charge in [0.15, 0.2) is 0 Å². The first kappa shape index (κ1) is 23.5. The van der Waals surface area contributed by atoms with Gasteiger partial charge in [-0.1, -0.05) is 25.4 Å². The van der Waals surface area contributed by atoms with E-state index in [4.69, 9.17) is 21.3 Å².